The van der Waals surface area contributed by atoms with E-state index in [0.29, 0.717) is 5.41 Å². The van der Waals surface area contributed by atoms with Gasteiger partial charge < -0.3 is 0 Å². The summed E-state index contributed by atoms with van der Waals surface area (Å²) in [6, 6.07) is 0. The van der Waals surface area contributed by atoms with Gasteiger partial charge in [0.15, 0.2) is 0 Å². The summed E-state index contributed by atoms with van der Waals surface area (Å²) < 4.78 is 0. The summed E-state index contributed by atoms with van der Waals surface area (Å²) in [5.41, 5.74) is 0.542. The molecule has 1 heteroatoms. The second-order valence-electron chi connectivity index (χ2n) is 3.62. The quantitative estimate of drug-likeness (QED) is 0.359. The van der Waals surface area contributed by atoms with Gasteiger partial charge in [0.1, 0.15) is 0 Å². The Hall–Kier alpha value is 0.688. The Balaban J connectivity index is -0.0000000123. The Bertz CT molecular complexity index is 44.1. The molecule has 0 N–H and O–H groups in total. The standard InChI is InChI=1S/C6H14.C3H8.3C2H6.2CH4.W/c1-5-6(2,3)4;1-3-2;3*1-2;;;/h5H2,1-4H3;3H2,1-2H3;3*1-2H3;2*1H4;. The fraction of sp³-hybridized carbons (Fsp3) is 1.00. The van der Waals surface area contributed by atoms with E-state index in [1.54, 1.807) is 0 Å². The van der Waals surface area contributed by atoms with E-state index < -0.39 is 0 Å². The summed E-state index contributed by atoms with van der Waals surface area (Å²) in [6.45, 7) is 25.2. The molecule has 0 unspecified atom stereocenters. The zero-order chi connectivity index (χ0) is 13.9. The van der Waals surface area contributed by atoms with Gasteiger partial charge in [-0.2, -0.15) is 0 Å². The van der Waals surface area contributed by atoms with Crippen LogP contribution in [0.2, 0.25) is 0 Å². The molecular formula is C17H48W. The fourth-order valence-electron chi connectivity index (χ4n) is 0. The second kappa shape index (κ2) is 65.3. The topological polar surface area (TPSA) is 0 Å². The van der Waals surface area contributed by atoms with Crippen molar-refractivity contribution in [3.8, 4) is 0 Å². The Kier molecular flexibility index (Phi) is 186. The van der Waals surface area contributed by atoms with E-state index in [4.69, 9.17) is 0 Å². The van der Waals surface area contributed by atoms with Gasteiger partial charge in [-0.15, -0.1) is 0 Å². The van der Waals surface area contributed by atoms with Crippen LogP contribution in [-0.2, 0) is 21.1 Å². The summed E-state index contributed by atoms with van der Waals surface area (Å²) in [5.74, 6) is 0. The second-order valence-corrected chi connectivity index (χ2v) is 3.62. The molecule has 0 atom stereocenters. The summed E-state index contributed by atoms with van der Waals surface area (Å²) in [6.07, 6.45) is 2.52. The fourth-order valence-corrected chi connectivity index (χ4v) is 0. The molecule has 0 saturated heterocycles. The van der Waals surface area contributed by atoms with Crippen LogP contribution in [0.1, 0.15) is 111 Å². The summed E-state index contributed by atoms with van der Waals surface area (Å²) >= 11 is 0. The molecule has 0 rings (SSSR count). The molecule has 0 aromatic rings. The zero-order valence-corrected chi connectivity index (χ0v) is 17.3. The van der Waals surface area contributed by atoms with Gasteiger partial charge in [-0.3, -0.25) is 0 Å². The van der Waals surface area contributed by atoms with Crippen molar-refractivity contribution in [2.24, 2.45) is 5.41 Å². The van der Waals surface area contributed by atoms with Gasteiger partial charge in [0.2, 0.25) is 0 Å². The molecule has 0 aliphatic carbocycles. The summed E-state index contributed by atoms with van der Waals surface area (Å²) in [5, 5.41) is 0. The Morgan fingerprint density at radius 2 is 0.667 bits per heavy atom. The Morgan fingerprint density at radius 3 is 0.667 bits per heavy atom. The summed E-state index contributed by atoms with van der Waals surface area (Å²) in [7, 11) is 0. The smallest absolute Gasteiger partial charge is 0 e. The Labute approximate surface area is 137 Å². The van der Waals surface area contributed by atoms with E-state index in [9.17, 15) is 0 Å². The van der Waals surface area contributed by atoms with Crippen LogP contribution < -0.4 is 0 Å². The van der Waals surface area contributed by atoms with E-state index in [0.717, 1.165) is 0 Å². The molecule has 0 aliphatic rings. The minimum absolute atomic E-state index is 0. The van der Waals surface area contributed by atoms with E-state index >= 15 is 0 Å². The molecule has 0 aromatic carbocycles. The van der Waals surface area contributed by atoms with Gasteiger partial charge in [-0.1, -0.05) is 111 Å². The molecule has 0 saturated carbocycles. The third-order valence-corrected chi connectivity index (χ3v) is 1.06. The molecular weight excluding hydrogens is 388 g/mol. The maximum absolute atomic E-state index is 2.24. The van der Waals surface area contributed by atoms with Crippen LogP contribution in [0, 0.1) is 5.41 Å². The molecule has 0 aromatic heterocycles. The number of hydrogen-bond donors (Lipinski definition) is 0. The van der Waals surface area contributed by atoms with Crippen LogP contribution in [0.5, 0.6) is 0 Å². The maximum Gasteiger partial charge on any atom is 0 e. The van der Waals surface area contributed by atoms with E-state index in [2.05, 4.69) is 41.5 Å². The van der Waals surface area contributed by atoms with Crippen LogP contribution in [0.15, 0.2) is 0 Å². The van der Waals surface area contributed by atoms with Crippen LogP contribution in [0.4, 0.5) is 0 Å². The van der Waals surface area contributed by atoms with E-state index in [-0.39, 0.29) is 35.9 Å². The van der Waals surface area contributed by atoms with Crippen LogP contribution >= 0.6 is 0 Å². The maximum atomic E-state index is 2.24. The molecule has 0 radical (unpaired) electrons. The van der Waals surface area contributed by atoms with Crippen molar-refractivity contribution < 1.29 is 21.1 Å². The molecule has 0 amide bonds. The van der Waals surface area contributed by atoms with Gasteiger partial charge in [0.25, 0.3) is 0 Å². The van der Waals surface area contributed by atoms with Crippen LogP contribution in [0.25, 0.3) is 0 Å². The predicted molar refractivity (Wildman–Crippen MR) is 93.2 cm³/mol. The van der Waals surface area contributed by atoms with Crippen molar-refractivity contribution in [2.75, 3.05) is 0 Å². The van der Waals surface area contributed by atoms with Gasteiger partial charge >= 0.3 is 0 Å². The van der Waals surface area contributed by atoms with Crippen molar-refractivity contribution in [1.82, 2.24) is 0 Å². The molecule has 0 fully saturated rings. The predicted octanol–water partition coefficient (Wildman–Crippen LogP) is 8.21. The third-order valence-electron chi connectivity index (χ3n) is 1.06. The number of hydrogen-bond acceptors (Lipinski definition) is 0. The van der Waals surface area contributed by atoms with Crippen molar-refractivity contribution in [3.63, 3.8) is 0 Å². The first-order valence-corrected chi connectivity index (χ1v) is 6.97. The minimum atomic E-state index is 0. The summed E-state index contributed by atoms with van der Waals surface area (Å²) in [4.78, 5) is 0. The third kappa shape index (κ3) is 302. The van der Waals surface area contributed by atoms with E-state index in [1.807, 2.05) is 41.5 Å². The van der Waals surface area contributed by atoms with Gasteiger partial charge in [0.05, 0.1) is 0 Å². The molecule has 122 valence electrons. The van der Waals surface area contributed by atoms with Crippen molar-refractivity contribution in [1.29, 1.82) is 0 Å². The van der Waals surface area contributed by atoms with Gasteiger partial charge in [-0.05, 0) is 5.41 Å². The average Bonchev–Trinajstić information content (AvgIpc) is 2.27. The van der Waals surface area contributed by atoms with Crippen molar-refractivity contribution in [2.45, 2.75) is 111 Å². The van der Waals surface area contributed by atoms with E-state index in [1.165, 1.54) is 12.8 Å². The normalized spacial score (nSPS) is 6.00. The first-order chi connectivity index (χ1) is 6.97. The van der Waals surface area contributed by atoms with Gasteiger partial charge in [-0.25, -0.2) is 0 Å². The largest absolute Gasteiger partial charge is 0.0776 e. The Morgan fingerprint density at radius 1 is 0.611 bits per heavy atom. The monoisotopic (exact) mass is 436 g/mol. The van der Waals surface area contributed by atoms with Crippen molar-refractivity contribution in [3.05, 3.63) is 0 Å². The molecule has 0 nitrogen and oxygen atoms in total. The zero-order valence-electron chi connectivity index (χ0n) is 14.3. The first-order valence-electron chi connectivity index (χ1n) is 6.97. The van der Waals surface area contributed by atoms with Crippen molar-refractivity contribution >= 4 is 0 Å². The minimum Gasteiger partial charge on any atom is -0.0776 e. The average molecular weight is 436 g/mol. The van der Waals surface area contributed by atoms with Gasteiger partial charge in [0, 0.05) is 21.1 Å². The SMILES string of the molecule is C.C.CC.CC.CC.CCC.CCC(C)(C)C.[W]. The number of rotatable bonds is 0. The molecule has 0 bridgehead atoms. The molecule has 18 heavy (non-hydrogen) atoms. The molecule has 0 spiro atoms. The first kappa shape index (κ1) is 51.2. The van der Waals surface area contributed by atoms with Crippen LogP contribution in [0.3, 0.4) is 0 Å². The molecule has 0 aliphatic heterocycles. The molecule has 0 heterocycles. The van der Waals surface area contributed by atoms with Crippen LogP contribution in [-0.4, -0.2) is 0 Å².